The highest BCUT2D eigenvalue weighted by molar-refractivity contribution is 5.78. The minimum atomic E-state index is 0.0612. The molecule has 160 valence electrons. The molecule has 2 aliphatic heterocycles. The van der Waals surface area contributed by atoms with Gasteiger partial charge in [-0.2, -0.15) is 0 Å². The molecule has 1 amide bonds. The predicted molar refractivity (Wildman–Crippen MR) is 115 cm³/mol. The molecule has 0 bridgehead atoms. The van der Waals surface area contributed by atoms with Crippen LogP contribution in [0.4, 0.5) is 0 Å². The molecule has 1 N–H and O–H groups in total. The Balaban J connectivity index is 1.32. The topological polar surface area (TPSA) is 60.0 Å². The molecule has 2 aromatic rings. The number of rotatable bonds is 7. The average molecular weight is 411 g/mol. The third kappa shape index (κ3) is 4.87. The Bertz CT molecular complexity index is 870. The Morgan fingerprint density at radius 2 is 1.97 bits per heavy atom. The van der Waals surface area contributed by atoms with E-state index in [0.29, 0.717) is 26.3 Å². The van der Waals surface area contributed by atoms with E-state index in [0.717, 1.165) is 55.0 Å². The summed E-state index contributed by atoms with van der Waals surface area (Å²) in [6.45, 7) is 3.31. The molecule has 0 unspecified atom stereocenters. The fourth-order valence-electron chi connectivity index (χ4n) is 4.27. The van der Waals surface area contributed by atoms with E-state index in [1.165, 1.54) is 5.56 Å². The maximum Gasteiger partial charge on any atom is 0.234 e. The van der Waals surface area contributed by atoms with Crippen molar-refractivity contribution in [3.8, 4) is 17.2 Å². The molecular formula is C24H30N2O4. The highest BCUT2D eigenvalue weighted by atomic mass is 16.5. The number of carbonyl (C=O) groups excluding carboxylic acids is 1. The number of carbonyl (C=O) groups is 1. The van der Waals surface area contributed by atoms with Crippen LogP contribution in [0, 0.1) is 0 Å². The van der Waals surface area contributed by atoms with Gasteiger partial charge in [0.15, 0.2) is 11.5 Å². The normalized spacial score (nSPS) is 18.6. The van der Waals surface area contributed by atoms with Gasteiger partial charge < -0.3 is 19.5 Å². The summed E-state index contributed by atoms with van der Waals surface area (Å²) in [4.78, 5) is 14.8. The van der Waals surface area contributed by atoms with Crippen molar-refractivity contribution in [2.45, 2.75) is 31.7 Å². The number of nitrogens with zero attached hydrogens (tertiary/aromatic N) is 1. The van der Waals surface area contributed by atoms with Gasteiger partial charge in [0.25, 0.3) is 0 Å². The molecule has 1 fully saturated rings. The average Bonchev–Trinajstić information content (AvgIpc) is 3.09. The van der Waals surface area contributed by atoms with Crippen molar-refractivity contribution in [2.24, 2.45) is 0 Å². The molecule has 6 nitrogen and oxygen atoms in total. The maximum absolute atomic E-state index is 12.6. The second kappa shape index (κ2) is 9.85. The van der Waals surface area contributed by atoms with E-state index in [2.05, 4.69) is 22.3 Å². The summed E-state index contributed by atoms with van der Waals surface area (Å²) in [6, 6.07) is 14.4. The first-order valence-corrected chi connectivity index (χ1v) is 10.8. The lowest BCUT2D eigenvalue weighted by Gasteiger charge is -2.25. The number of hydrogen-bond donors (Lipinski definition) is 1. The molecule has 1 atom stereocenters. The van der Waals surface area contributed by atoms with Crippen molar-refractivity contribution >= 4 is 5.91 Å². The first kappa shape index (κ1) is 20.5. The van der Waals surface area contributed by atoms with Crippen LogP contribution in [-0.4, -0.2) is 50.8 Å². The van der Waals surface area contributed by atoms with Crippen molar-refractivity contribution in [2.75, 3.05) is 40.0 Å². The molecular weight excluding hydrogens is 380 g/mol. The number of ether oxygens (including phenoxy) is 3. The number of amides is 1. The van der Waals surface area contributed by atoms with Crippen LogP contribution in [0.5, 0.6) is 17.2 Å². The molecule has 0 saturated carbocycles. The third-order valence-electron chi connectivity index (χ3n) is 5.78. The van der Waals surface area contributed by atoms with E-state index < -0.39 is 0 Å². The van der Waals surface area contributed by atoms with Gasteiger partial charge in [-0.15, -0.1) is 0 Å². The highest BCUT2D eigenvalue weighted by Gasteiger charge is 2.28. The maximum atomic E-state index is 12.6. The zero-order valence-corrected chi connectivity index (χ0v) is 17.6. The summed E-state index contributed by atoms with van der Waals surface area (Å²) in [6.07, 6.45) is 3.79. The Hall–Kier alpha value is -2.73. The number of nitrogens with one attached hydrogen (secondary N) is 1. The largest absolute Gasteiger partial charge is 0.496 e. The number of fused-ring (bicyclic) bond motifs is 1. The fourth-order valence-corrected chi connectivity index (χ4v) is 4.27. The fraction of sp³-hybridized carbons (Fsp3) is 0.458. The second-order valence-electron chi connectivity index (χ2n) is 7.80. The zero-order chi connectivity index (χ0) is 20.8. The molecule has 0 radical (unpaired) electrons. The van der Waals surface area contributed by atoms with Crippen LogP contribution in [-0.2, 0) is 11.2 Å². The van der Waals surface area contributed by atoms with Crippen LogP contribution in [0.2, 0.25) is 0 Å². The Kier molecular flexibility index (Phi) is 6.74. The van der Waals surface area contributed by atoms with Gasteiger partial charge in [0.2, 0.25) is 5.91 Å². The highest BCUT2D eigenvalue weighted by Crippen LogP contribution is 2.37. The first-order valence-electron chi connectivity index (χ1n) is 10.8. The molecule has 6 heteroatoms. The standard InChI is InChI=1S/C24H30N2O4/c1-28-21-8-3-2-6-18(21)11-12-25-24(27)17-26-13-4-7-20(26)19-9-10-22-23(16-19)30-15-5-14-29-22/h2-3,6,8-10,16,20H,4-5,7,11-15,17H2,1H3,(H,25,27)/t20-/m1/s1. The molecule has 2 aliphatic rings. The summed E-state index contributed by atoms with van der Waals surface area (Å²) in [5, 5.41) is 3.06. The summed E-state index contributed by atoms with van der Waals surface area (Å²) >= 11 is 0. The van der Waals surface area contributed by atoms with E-state index in [9.17, 15) is 4.79 Å². The molecule has 4 rings (SSSR count). The van der Waals surface area contributed by atoms with Crippen LogP contribution >= 0.6 is 0 Å². The summed E-state index contributed by atoms with van der Waals surface area (Å²) in [5.41, 5.74) is 2.30. The lowest BCUT2D eigenvalue weighted by atomic mass is 10.0. The van der Waals surface area contributed by atoms with Crippen molar-refractivity contribution in [1.82, 2.24) is 10.2 Å². The Labute approximate surface area is 178 Å². The predicted octanol–water partition coefficient (Wildman–Crippen LogP) is 3.35. The number of hydrogen-bond acceptors (Lipinski definition) is 5. The lowest BCUT2D eigenvalue weighted by Crippen LogP contribution is -2.37. The molecule has 2 heterocycles. The van der Waals surface area contributed by atoms with Gasteiger partial charge in [-0.05, 0) is 55.1 Å². The molecule has 1 saturated heterocycles. The van der Waals surface area contributed by atoms with E-state index in [-0.39, 0.29) is 11.9 Å². The van der Waals surface area contributed by atoms with Gasteiger partial charge >= 0.3 is 0 Å². The van der Waals surface area contributed by atoms with Crippen LogP contribution in [0.15, 0.2) is 42.5 Å². The van der Waals surface area contributed by atoms with Gasteiger partial charge in [0, 0.05) is 19.0 Å². The monoisotopic (exact) mass is 410 g/mol. The Morgan fingerprint density at radius 3 is 2.83 bits per heavy atom. The number of benzene rings is 2. The van der Waals surface area contributed by atoms with Gasteiger partial charge in [-0.25, -0.2) is 0 Å². The van der Waals surface area contributed by atoms with E-state index in [4.69, 9.17) is 14.2 Å². The van der Waals surface area contributed by atoms with Gasteiger partial charge in [0.1, 0.15) is 5.75 Å². The zero-order valence-electron chi connectivity index (χ0n) is 17.6. The molecule has 0 aliphatic carbocycles. The summed E-state index contributed by atoms with van der Waals surface area (Å²) in [5.74, 6) is 2.56. The quantitative estimate of drug-likeness (QED) is 0.759. The first-order chi connectivity index (χ1) is 14.7. The van der Waals surface area contributed by atoms with Crippen LogP contribution in [0.25, 0.3) is 0 Å². The van der Waals surface area contributed by atoms with Crippen LogP contribution < -0.4 is 19.5 Å². The third-order valence-corrected chi connectivity index (χ3v) is 5.78. The van der Waals surface area contributed by atoms with Crippen molar-refractivity contribution < 1.29 is 19.0 Å². The number of likely N-dealkylation sites (tertiary alicyclic amines) is 1. The minimum Gasteiger partial charge on any atom is -0.496 e. The van der Waals surface area contributed by atoms with Crippen molar-refractivity contribution in [3.05, 3.63) is 53.6 Å². The number of para-hydroxylation sites is 1. The van der Waals surface area contributed by atoms with Gasteiger partial charge in [-0.1, -0.05) is 24.3 Å². The van der Waals surface area contributed by atoms with Gasteiger partial charge in [-0.3, -0.25) is 9.69 Å². The lowest BCUT2D eigenvalue weighted by molar-refractivity contribution is -0.122. The smallest absolute Gasteiger partial charge is 0.234 e. The summed E-state index contributed by atoms with van der Waals surface area (Å²) < 4.78 is 17.0. The molecule has 0 aromatic heterocycles. The van der Waals surface area contributed by atoms with Crippen molar-refractivity contribution in [1.29, 1.82) is 0 Å². The van der Waals surface area contributed by atoms with Crippen LogP contribution in [0.3, 0.4) is 0 Å². The second-order valence-corrected chi connectivity index (χ2v) is 7.80. The molecule has 2 aromatic carbocycles. The van der Waals surface area contributed by atoms with Crippen LogP contribution in [0.1, 0.15) is 36.4 Å². The van der Waals surface area contributed by atoms with E-state index in [1.807, 2.05) is 30.3 Å². The SMILES string of the molecule is COc1ccccc1CCNC(=O)CN1CCC[C@@H]1c1ccc2c(c1)OCCCO2. The number of methoxy groups -OCH3 is 1. The Morgan fingerprint density at radius 1 is 1.13 bits per heavy atom. The molecule has 0 spiro atoms. The minimum absolute atomic E-state index is 0.0612. The van der Waals surface area contributed by atoms with Gasteiger partial charge in [0.05, 0.1) is 26.9 Å². The molecule has 30 heavy (non-hydrogen) atoms. The van der Waals surface area contributed by atoms with E-state index in [1.54, 1.807) is 7.11 Å². The van der Waals surface area contributed by atoms with E-state index >= 15 is 0 Å². The van der Waals surface area contributed by atoms with Crippen molar-refractivity contribution in [3.63, 3.8) is 0 Å². The summed E-state index contributed by atoms with van der Waals surface area (Å²) in [7, 11) is 1.67.